The lowest BCUT2D eigenvalue weighted by Gasteiger charge is -2.45. The van der Waals surface area contributed by atoms with Crippen molar-refractivity contribution in [3.05, 3.63) is 12.3 Å². The van der Waals surface area contributed by atoms with E-state index in [1.165, 1.54) is 19.9 Å². The molecule has 28 heavy (non-hydrogen) atoms. The molecule has 0 aromatic carbocycles. The van der Waals surface area contributed by atoms with Crippen molar-refractivity contribution in [1.82, 2.24) is 0 Å². The van der Waals surface area contributed by atoms with Crippen molar-refractivity contribution in [3.8, 4) is 0 Å². The van der Waals surface area contributed by atoms with E-state index >= 15 is 0 Å². The van der Waals surface area contributed by atoms with Crippen molar-refractivity contribution in [2.75, 3.05) is 6.61 Å². The largest absolute Gasteiger partial charge is 0.472 e. The predicted octanol–water partition coefficient (Wildman–Crippen LogP) is -2.89. The topological polar surface area (TPSA) is 175 Å². The summed E-state index contributed by atoms with van der Waals surface area (Å²) in [5.41, 5.74) is -3.22. The third kappa shape index (κ3) is 3.42. The molecular formula is C17H26O11. The molecule has 2 heterocycles. The van der Waals surface area contributed by atoms with Gasteiger partial charge in [0.25, 0.3) is 0 Å². The number of fused-ring (bicyclic) bond motifs is 1. The summed E-state index contributed by atoms with van der Waals surface area (Å²) >= 11 is 0. The zero-order valence-corrected chi connectivity index (χ0v) is 15.4. The number of carbonyl (C=O) groups excluding carboxylic acids is 1. The van der Waals surface area contributed by atoms with Crippen LogP contribution in [0.4, 0.5) is 0 Å². The number of hydrogen-bond acceptors (Lipinski definition) is 11. The second-order valence-corrected chi connectivity index (χ2v) is 7.63. The Balaban J connectivity index is 1.87. The first-order valence-electron chi connectivity index (χ1n) is 8.92. The number of hydrogen-bond donors (Lipinski definition) is 6. The van der Waals surface area contributed by atoms with Gasteiger partial charge >= 0.3 is 5.97 Å². The minimum Gasteiger partial charge on any atom is -0.472 e. The summed E-state index contributed by atoms with van der Waals surface area (Å²) in [7, 11) is 0. The third-order valence-corrected chi connectivity index (χ3v) is 5.60. The molecule has 3 aliphatic rings. The summed E-state index contributed by atoms with van der Waals surface area (Å²) in [6, 6.07) is 0. The molecule has 0 amide bonds. The van der Waals surface area contributed by atoms with Crippen LogP contribution in [0.5, 0.6) is 0 Å². The minimum atomic E-state index is -1.85. The van der Waals surface area contributed by atoms with Crippen LogP contribution in [0.25, 0.3) is 0 Å². The van der Waals surface area contributed by atoms with Gasteiger partial charge in [-0.2, -0.15) is 0 Å². The van der Waals surface area contributed by atoms with E-state index in [0.717, 1.165) is 6.26 Å². The standard InChI is InChI=1S/C17H26O11/c1-7(19)28-16(2)5-9(20)17(24)3-4-25-15(13(16)17)27-14-12(23)11(22)10(21)8(6-18)26-14/h3-4,8-15,18,20-24H,5-6H2,1-2H3/t8-,9-,10-,11+,12-,13-,14+,15+,16-,17-/m1/s1. The number of aliphatic hydroxyl groups is 6. The van der Waals surface area contributed by atoms with Gasteiger partial charge in [-0.15, -0.1) is 0 Å². The van der Waals surface area contributed by atoms with E-state index in [9.17, 15) is 35.4 Å². The van der Waals surface area contributed by atoms with Crippen LogP contribution < -0.4 is 0 Å². The highest BCUT2D eigenvalue weighted by Crippen LogP contribution is 2.51. The average Bonchev–Trinajstić information content (AvgIpc) is 2.81. The summed E-state index contributed by atoms with van der Waals surface area (Å²) in [6.45, 7) is 2.04. The molecule has 0 aromatic rings. The van der Waals surface area contributed by atoms with Crippen LogP contribution >= 0.6 is 0 Å². The minimum absolute atomic E-state index is 0.101. The number of carbonyl (C=O) groups is 1. The molecule has 10 atom stereocenters. The highest BCUT2D eigenvalue weighted by Gasteiger charge is 2.66. The zero-order valence-electron chi connectivity index (χ0n) is 15.4. The number of aliphatic hydroxyl groups excluding tert-OH is 5. The van der Waals surface area contributed by atoms with Crippen LogP contribution in [-0.4, -0.2) is 97.5 Å². The number of esters is 1. The molecule has 0 spiro atoms. The second kappa shape index (κ2) is 7.50. The van der Waals surface area contributed by atoms with Crippen molar-refractivity contribution < 1.29 is 54.4 Å². The van der Waals surface area contributed by atoms with Gasteiger partial charge in [0, 0.05) is 13.3 Å². The van der Waals surface area contributed by atoms with E-state index in [1.807, 2.05) is 0 Å². The summed E-state index contributed by atoms with van der Waals surface area (Å²) < 4.78 is 21.7. The Bertz CT molecular complexity index is 624. The van der Waals surface area contributed by atoms with E-state index in [-0.39, 0.29) is 6.42 Å². The maximum atomic E-state index is 11.6. The first kappa shape index (κ1) is 21.4. The Hall–Kier alpha value is -1.31. The van der Waals surface area contributed by atoms with Gasteiger partial charge in [-0.3, -0.25) is 4.79 Å². The first-order chi connectivity index (χ1) is 13.0. The van der Waals surface area contributed by atoms with Crippen LogP contribution in [0.1, 0.15) is 20.3 Å². The molecule has 2 aliphatic heterocycles. The fraction of sp³-hybridized carbons (Fsp3) is 0.824. The Morgan fingerprint density at radius 1 is 1.18 bits per heavy atom. The van der Waals surface area contributed by atoms with Crippen LogP contribution in [0.2, 0.25) is 0 Å². The van der Waals surface area contributed by atoms with Gasteiger partial charge in [0.1, 0.15) is 35.6 Å². The van der Waals surface area contributed by atoms with E-state index < -0.39 is 72.8 Å². The molecule has 3 rings (SSSR count). The smallest absolute Gasteiger partial charge is 0.303 e. The fourth-order valence-corrected chi connectivity index (χ4v) is 4.25. The summed E-state index contributed by atoms with van der Waals surface area (Å²) in [4.78, 5) is 11.6. The molecule has 11 heteroatoms. The van der Waals surface area contributed by atoms with Gasteiger partial charge in [-0.05, 0) is 13.0 Å². The van der Waals surface area contributed by atoms with Crippen molar-refractivity contribution >= 4 is 5.97 Å². The molecule has 0 aromatic heterocycles. The van der Waals surface area contributed by atoms with Crippen molar-refractivity contribution in [3.63, 3.8) is 0 Å². The SMILES string of the molecule is CC(=O)O[C@]1(C)C[C@@H](O)[C@]2(O)C=CO[C@@H](O[C@@H]3O[C@H](CO)[C@@H](O)[C@H](O)[C@H]3O)[C@@H]21. The summed E-state index contributed by atoms with van der Waals surface area (Å²) in [5, 5.41) is 60.6. The highest BCUT2D eigenvalue weighted by atomic mass is 16.8. The monoisotopic (exact) mass is 406 g/mol. The molecule has 0 unspecified atom stereocenters. The van der Waals surface area contributed by atoms with Crippen LogP contribution in [0.3, 0.4) is 0 Å². The third-order valence-electron chi connectivity index (χ3n) is 5.60. The Morgan fingerprint density at radius 3 is 2.46 bits per heavy atom. The van der Waals surface area contributed by atoms with E-state index in [1.54, 1.807) is 0 Å². The molecule has 1 saturated heterocycles. The Kier molecular flexibility index (Phi) is 5.73. The van der Waals surface area contributed by atoms with Crippen molar-refractivity contribution in [1.29, 1.82) is 0 Å². The van der Waals surface area contributed by atoms with Gasteiger partial charge in [-0.1, -0.05) is 0 Å². The molecule has 160 valence electrons. The molecule has 2 fully saturated rings. The quantitative estimate of drug-likeness (QED) is 0.264. The lowest BCUT2D eigenvalue weighted by molar-refractivity contribution is -0.351. The van der Waals surface area contributed by atoms with E-state index in [0.29, 0.717) is 0 Å². The summed E-state index contributed by atoms with van der Waals surface area (Å²) in [5.74, 6) is -1.74. The molecule has 1 saturated carbocycles. The van der Waals surface area contributed by atoms with Crippen molar-refractivity contribution in [2.24, 2.45) is 5.92 Å². The number of rotatable bonds is 4. The Morgan fingerprint density at radius 2 is 1.86 bits per heavy atom. The van der Waals surface area contributed by atoms with Gasteiger partial charge < -0.3 is 49.6 Å². The number of ether oxygens (including phenoxy) is 4. The van der Waals surface area contributed by atoms with Crippen LogP contribution in [0, 0.1) is 5.92 Å². The molecule has 0 radical (unpaired) electrons. The lowest BCUT2D eigenvalue weighted by Crippen LogP contribution is -2.62. The van der Waals surface area contributed by atoms with Gasteiger partial charge in [0.15, 0.2) is 6.29 Å². The van der Waals surface area contributed by atoms with Crippen molar-refractivity contribution in [2.45, 2.75) is 74.6 Å². The molecule has 1 aliphatic carbocycles. The Labute approximate surface area is 160 Å². The van der Waals surface area contributed by atoms with Gasteiger partial charge in [0.05, 0.1) is 24.9 Å². The summed E-state index contributed by atoms with van der Waals surface area (Å²) in [6.07, 6.45) is -8.06. The van der Waals surface area contributed by atoms with E-state index in [2.05, 4.69) is 0 Å². The molecular weight excluding hydrogens is 380 g/mol. The van der Waals surface area contributed by atoms with E-state index in [4.69, 9.17) is 18.9 Å². The molecule has 6 N–H and O–H groups in total. The van der Waals surface area contributed by atoms with Crippen LogP contribution in [0.15, 0.2) is 12.3 Å². The highest BCUT2D eigenvalue weighted by molar-refractivity contribution is 5.66. The molecule has 11 nitrogen and oxygen atoms in total. The lowest BCUT2D eigenvalue weighted by atomic mass is 9.81. The maximum absolute atomic E-state index is 11.6. The van der Waals surface area contributed by atoms with Gasteiger partial charge in [0.2, 0.25) is 6.29 Å². The van der Waals surface area contributed by atoms with Gasteiger partial charge in [-0.25, -0.2) is 0 Å². The second-order valence-electron chi connectivity index (χ2n) is 7.63. The fourth-order valence-electron chi connectivity index (χ4n) is 4.25. The normalized spacial score (nSPS) is 50.7. The zero-order chi connectivity index (χ0) is 20.9. The maximum Gasteiger partial charge on any atom is 0.303 e. The average molecular weight is 406 g/mol. The predicted molar refractivity (Wildman–Crippen MR) is 88.1 cm³/mol. The first-order valence-corrected chi connectivity index (χ1v) is 8.92. The van der Waals surface area contributed by atoms with Crippen LogP contribution in [-0.2, 0) is 23.7 Å². The molecule has 0 bridgehead atoms.